The summed E-state index contributed by atoms with van der Waals surface area (Å²) in [5, 5.41) is 1.40. The van der Waals surface area contributed by atoms with Gasteiger partial charge in [0.1, 0.15) is 0 Å². The lowest BCUT2D eigenvalue weighted by Gasteiger charge is -2.05. The zero-order valence-electron chi connectivity index (χ0n) is 9.54. The normalized spacial score (nSPS) is 13.5. The maximum Gasteiger partial charge on any atom is 0.339 e. The van der Waals surface area contributed by atoms with E-state index in [0.29, 0.717) is 23.2 Å². The molecule has 0 aromatic carbocycles. The van der Waals surface area contributed by atoms with E-state index in [1.807, 2.05) is 0 Å². The molecule has 0 fully saturated rings. The summed E-state index contributed by atoms with van der Waals surface area (Å²) in [5.74, 6) is -0.414. The summed E-state index contributed by atoms with van der Waals surface area (Å²) in [7, 11) is 0. The van der Waals surface area contributed by atoms with Crippen LogP contribution in [-0.4, -0.2) is 17.6 Å². The van der Waals surface area contributed by atoms with Crippen molar-refractivity contribution in [3.8, 4) is 0 Å². The molecule has 86 valence electrons. The fourth-order valence-electron chi connectivity index (χ4n) is 1.39. The third kappa shape index (κ3) is 2.34. The second-order valence-corrected chi connectivity index (χ2v) is 3.21. The van der Waals surface area contributed by atoms with Gasteiger partial charge in [-0.1, -0.05) is 12.7 Å². The number of hydrogen-bond acceptors (Lipinski definition) is 3. The number of carbonyl (C=O) groups is 1. The molecule has 4 heteroatoms. The molecule has 0 radical (unpaired) electrons. The summed E-state index contributed by atoms with van der Waals surface area (Å²) in [4.78, 5) is 14.5. The second kappa shape index (κ2) is 5.21. The van der Waals surface area contributed by atoms with E-state index in [4.69, 9.17) is 10.5 Å². The van der Waals surface area contributed by atoms with Crippen molar-refractivity contribution in [3.63, 3.8) is 0 Å². The standard InChI is InChI=1S/C12H16N2O2/c1-4-9(12(15)16-5-2)11(13)10-6-7-14-8(10)3/h4,6-7,14H,3,5,13H2,1-2H3/b9-4+,11-10+. The van der Waals surface area contributed by atoms with Gasteiger partial charge in [-0.25, -0.2) is 4.79 Å². The molecule has 0 bridgehead atoms. The highest BCUT2D eigenvalue weighted by Gasteiger charge is 2.12. The Hall–Kier alpha value is -1.97. The lowest BCUT2D eigenvalue weighted by Crippen LogP contribution is -2.29. The number of hydrogen-bond donors (Lipinski definition) is 2. The van der Waals surface area contributed by atoms with E-state index in [1.165, 1.54) is 0 Å². The number of esters is 1. The van der Waals surface area contributed by atoms with Crippen LogP contribution in [0.2, 0.25) is 0 Å². The summed E-state index contributed by atoms with van der Waals surface area (Å²) in [5.41, 5.74) is 6.66. The highest BCUT2D eigenvalue weighted by Crippen LogP contribution is 2.05. The molecule has 0 spiro atoms. The van der Waals surface area contributed by atoms with Crippen LogP contribution in [0.4, 0.5) is 0 Å². The molecule has 0 aliphatic carbocycles. The van der Waals surface area contributed by atoms with Crippen LogP contribution in [0.15, 0.2) is 23.9 Å². The number of carbonyl (C=O) groups excluding carboxylic acids is 1. The molecule has 16 heavy (non-hydrogen) atoms. The predicted molar refractivity (Wildman–Crippen MR) is 63.6 cm³/mol. The molecule has 1 aromatic rings. The number of H-pyrrole nitrogens is 1. The molecular formula is C12H16N2O2. The molecule has 0 atom stereocenters. The Kier molecular flexibility index (Phi) is 3.94. The smallest absolute Gasteiger partial charge is 0.339 e. The lowest BCUT2D eigenvalue weighted by atomic mass is 10.1. The summed E-state index contributed by atoms with van der Waals surface area (Å²) < 4.78 is 4.92. The molecule has 0 unspecified atom stereocenters. The third-order valence-corrected chi connectivity index (χ3v) is 2.20. The van der Waals surface area contributed by atoms with E-state index in [0.717, 1.165) is 5.22 Å². The number of aromatic amines is 1. The average molecular weight is 220 g/mol. The van der Waals surface area contributed by atoms with E-state index < -0.39 is 5.97 Å². The summed E-state index contributed by atoms with van der Waals surface area (Å²) in [6.07, 6.45) is 3.36. The number of allylic oxidation sites excluding steroid dienone is 1. The van der Waals surface area contributed by atoms with Crippen molar-refractivity contribution < 1.29 is 9.53 Å². The van der Waals surface area contributed by atoms with Crippen LogP contribution in [0.25, 0.3) is 12.3 Å². The molecule has 4 nitrogen and oxygen atoms in total. The number of aromatic nitrogens is 1. The maximum absolute atomic E-state index is 11.6. The highest BCUT2D eigenvalue weighted by atomic mass is 16.5. The van der Waals surface area contributed by atoms with E-state index >= 15 is 0 Å². The quantitative estimate of drug-likeness (QED) is 0.556. The van der Waals surface area contributed by atoms with Crippen LogP contribution < -0.4 is 16.3 Å². The third-order valence-electron chi connectivity index (χ3n) is 2.20. The number of nitrogens with two attached hydrogens (primary N) is 1. The molecule has 0 saturated carbocycles. The van der Waals surface area contributed by atoms with Gasteiger partial charge < -0.3 is 15.5 Å². The summed E-state index contributed by atoms with van der Waals surface area (Å²) in [6.45, 7) is 7.61. The topological polar surface area (TPSA) is 68.1 Å². The second-order valence-electron chi connectivity index (χ2n) is 3.21. The zero-order valence-corrected chi connectivity index (χ0v) is 9.54. The highest BCUT2D eigenvalue weighted by molar-refractivity contribution is 6.01. The fraction of sp³-hybridized carbons (Fsp3) is 0.250. The molecule has 3 N–H and O–H groups in total. The van der Waals surface area contributed by atoms with Crippen LogP contribution in [0, 0.1) is 0 Å². The van der Waals surface area contributed by atoms with Gasteiger partial charge in [0.05, 0.1) is 17.9 Å². The van der Waals surface area contributed by atoms with Crippen molar-refractivity contribution in [1.82, 2.24) is 4.98 Å². The van der Waals surface area contributed by atoms with Crippen LogP contribution >= 0.6 is 0 Å². The van der Waals surface area contributed by atoms with Crippen molar-refractivity contribution in [2.24, 2.45) is 5.73 Å². The van der Waals surface area contributed by atoms with Crippen LogP contribution in [0.3, 0.4) is 0 Å². The van der Waals surface area contributed by atoms with E-state index in [1.54, 1.807) is 32.2 Å². The molecular weight excluding hydrogens is 204 g/mol. The van der Waals surface area contributed by atoms with Crippen LogP contribution in [0.5, 0.6) is 0 Å². The van der Waals surface area contributed by atoms with E-state index in [2.05, 4.69) is 11.6 Å². The molecule has 1 heterocycles. The predicted octanol–water partition coefficient (Wildman–Crippen LogP) is 0.00130. The van der Waals surface area contributed by atoms with Crippen molar-refractivity contribution in [2.75, 3.05) is 6.61 Å². The van der Waals surface area contributed by atoms with Gasteiger partial charge in [0.15, 0.2) is 0 Å². The molecule has 0 saturated heterocycles. The van der Waals surface area contributed by atoms with Gasteiger partial charge in [-0.15, -0.1) is 0 Å². The Morgan fingerprint density at radius 1 is 1.69 bits per heavy atom. The summed E-state index contributed by atoms with van der Waals surface area (Å²) in [6, 6.07) is 1.78. The Morgan fingerprint density at radius 3 is 2.81 bits per heavy atom. The zero-order chi connectivity index (χ0) is 12.1. The number of rotatable bonds is 3. The first kappa shape index (κ1) is 12.1. The Morgan fingerprint density at radius 2 is 2.38 bits per heavy atom. The van der Waals surface area contributed by atoms with Crippen molar-refractivity contribution in [1.29, 1.82) is 0 Å². The average Bonchev–Trinajstić information content (AvgIpc) is 2.65. The lowest BCUT2D eigenvalue weighted by molar-refractivity contribution is -0.138. The van der Waals surface area contributed by atoms with Gasteiger partial charge in [-0.3, -0.25) is 0 Å². The number of nitrogens with one attached hydrogen (secondary N) is 1. The number of ether oxygens (including phenoxy) is 1. The Bertz CT molecular complexity index is 511. The van der Waals surface area contributed by atoms with Gasteiger partial charge in [-0.2, -0.15) is 0 Å². The Labute approximate surface area is 94.1 Å². The minimum Gasteiger partial charge on any atom is -0.462 e. The first-order chi connectivity index (χ1) is 7.61. The van der Waals surface area contributed by atoms with Crippen molar-refractivity contribution >= 4 is 18.2 Å². The first-order valence-electron chi connectivity index (χ1n) is 5.07. The largest absolute Gasteiger partial charge is 0.462 e. The van der Waals surface area contributed by atoms with Crippen molar-refractivity contribution in [3.05, 3.63) is 34.5 Å². The van der Waals surface area contributed by atoms with E-state index in [9.17, 15) is 4.79 Å². The maximum atomic E-state index is 11.6. The van der Waals surface area contributed by atoms with Gasteiger partial charge in [0, 0.05) is 16.8 Å². The fourth-order valence-corrected chi connectivity index (χ4v) is 1.39. The van der Waals surface area contributed by atoms with E-state index in [-0.39, 0.29) is 0 Å². The monoisotopic (exact) mass is 220 g/mol. The first-order valence-corrected chi connectivity index (χ1v) is 5.07. The molecule has 1 rings (SSSR count). The van der Waals surface area contributed by atoms with Gasteiger partial charge in [0.25, 0.3) is 0 Å². The molecule has 1 aromatic heterocycles. The summed E-state index contributed by atoms with van der Waals surface area (Å²) >= 11 is 0. The minimum atomic E-state index is -0.414. The minimum absolute atomic E-state index is 0.327. The van der Waals surface area contributed by atoms with Crippen LogP contribution in [-0.2, 0) is 9.53 Å². The van der Waals surface area contributed by atoms with Gasteiger partial charge in [-0.05, 0) is 19.9 Å². The van der Waals surface area contributed by atoms with Gasteiger partial charge in [0.2, 0.25) is 0 Å². The molecule has 0 amide bonds. The van der Waals surface area contributed by atoms with Crippen LogP contribution in [0.1, 0.15) is 13.8 Å². The SMILES string of the molecule is C=c1[nH]cc/c1=C(N)/C(=C\C)C(=O)OCC. The molecule has 0 aliphatic heterocycles. The Balaban J connectivity index is 3.25. The van der Waals surface area contributed by atoms with Gasteiger partial charge >= 0.3 is 5.97 Å². The van der Waals surface area contributed by atoms with Crippen molar-refractivity contribution in [2.45, 2.75) is 13.8 Å². The molecule has 0 aliphatic rings.